The van der Waals surface area contributed by atoms with Gasteiger partial charge in [-0.3, -0.25) is 9.59 Å². The van der Waals surface area contributed by atoms with Crippen LogP contribution >= 0.6 is 0 Å². The molecule has 348 valence electrons. The average molecular weight is 832 g/mol. The molecule has 2 atom stereocenters. The van der Waals surface area contributed by atoms with Crippen molar-refractivity contribution in [3.05, 3.63) is 24.3 Å². The van der Waals surface area contributed by atoms with Gasteiger partial charge in [-0.2, -0.15) is 0 Å². The molecule has 1 amide bonds. The van der Waals surface area contributed by atoms with Crippen molar-refractivity contribution in [1.29, 1.82) is 0 Å². The number of allylic oxidation sites excluding steroid dienone is 3. The van der Waals surface area contributed by atoms with Gasteiger partial charge in [-0.1, -0.05) is 224 Å². The Morgan fingerprint density at radius 2 is 0.797 bits per heavy atom. The Balaban J connectivity index is 3.51. The maximum absolute atomic E-state index is 12.4. The van der Waals surface area contributed by atoms with E-state index in [0.717, 1.165) is 77.0 Å². The molecule has 0 fully saturated rings. The van der Waals surface area contributed by atoms with Crippen LogP contribution in [0.4, 0.5) is 0 Å². The van der Waals surface area contributed by atoms with Crippen molar-refractivity contribution >= 4 is 11.9 Å². The van der Waals surface area contributed by atoms with E-state index in [9.17, 15) is 19.8 Å². The van der Waals surface area contributed by atoms with Crippen LogP contribution in [0.3, 0.4) is 0 Å². The third-order valence-electron chi connectivity index (χ3n) is 12.0. The van der Waals surface area contributed by atoms with E-state index in [1.807, 2.05) is 6.08 Å². The number of aliphatic hydroxyl groups excluding tert-OH is 2. The number of aliphatic hydroxyl groups is 2. The van der Waals surface area contributed by atoms with Gasteiger partial charge in [0.05, 0.1) is 25.4 Å². The van der Waals surface area contributed by atoms with Crippen LogP contribution in [0.1, 0.15) is 277 Å². The molecule has 0 bridgehead atoms. The molecule has 0 heterocycles. The lowest BCUT2D eigenvalue weighted by molar-refractivity contribution is -0.143. The molecule has 6 nitrogen and oxygen atoms in total. The van der Waals surface area contributed by atoms with E-state index in [0.29, 0.717) is 19.4 Å². The van der Waals surface area contributed by atoms with Gasteiger partial charge in [-0.05, 0) is 64.2 Å². The van der Waals surface area contributed by atoms with E-state index < -0.39 is 12.1 Å². The second-order valence-corrected chi connectivity index (χ2v) is 17.9. The normalized spacial score (nSPS) is 12.8. The quantitative estimate of drug-likeness (QED) is 0.0322. The van der Waals surface area contributed by atoms with Crippen LogP contribution in [0.25, 0.3) is 0 Å². The number of hydrogen-bond donors (Lipinski definition) is 3. The van der Waals surface area contributed by atoms with Crippen LogP contribution in [0, 0.1) is 0 Å². The number of carbonyl (C=O) groups is 2. The standard InChI is InChI=1S/C53H101NO5/c1-3-5-7-9-11-13-15-17-18-19-20-22-27-31-35-39-43-47-53(58)59-48-44-40-36-32-28-24-23-26-30-34-38-42-46-52(57)54-50(49-55)51(56)45-41-37-33-29-25-21-16-14-12-10-8-6-4-2/h24,28,41,45,50-51,55-56H,3-23,25-27,29-40,42-44,46-49H2,1-2H3,(H,54,57)/b28-24-,45-41+. The molecule has 2 unspecified atom stereocenters. The summed E-state index contributed by atoms with van der Waals surface area (Å²) < 4.78 is 5.45. The van der Waals surface area contributed by atoms with Crippen LogP contribution in [-0.4, -0.2) is 47.4 Å². The lowest BCUT2D eigenvalue weighted by Gasteiger charge is -2.20. The highest BCUT2D eigenvalue weighted by atomic mass is 16.5. The van der Waals surface area contributed by atoms with Gasteiger partial charge in [0.15, 0.2) is 0 Å². The maximum Gasteiger partial charge on any atom is 0.305 e. The minimum atomic E-state index is -0.859. The molecule has 3 N–H and O–H groups in total. The van der Waals surface area contributed by atoms with Crippen LogP contribution in [-0.2, 0) is 14.3 Å². The average Bonchev–Trinajstić information content (AvgIpc) is 3.24. The van der Waals surface area contributed by atoms with Gasteiger partial charge < -0.3 is 20.3 Å². The first kappa shape index (κ1) is 57.3. The maximum atomic E-state index is 12.4. The first-order valence-electron chi connectivity index (χ1n) is 26.1. The lowest BCUT2D eigenvalue weighted by atomic mass is 10.0. The molecule has 0 aromatic carbocycles. The van der Waals surface area contributed by atoms with Gasteiger partial charge in [-0.15, -0.1) is 0 Å². The van der Waals surface area contributed by atoms with Crippen molar-refractivity contribution in [3.63, 3.8) is 0 Å². The second kappa shape index (κ2) is 49.0. The van der Waals surface area contributed by atoms with Gasteiger partial charge in [0.25, 0.3) is 0 Å². The van der Waals surface area contributed by atoms with Crippen LogP contribution in [0.2, 0.25) is 0 Å². The number of hydrogen-bond acceptors (Lipinski definition) is 5. The van der Waals surface area contributed by atoms with Crippen LogP contribution in [0.15, 0.2) is 24.3 Å². The lowest BCUT2D eigenvalue weighted by Crippen LogP contribution is -2.45. The minimum Gasteiger partial charge on any atom is -0.466 e. The fourth-order valence-electron chi connectivity index (χ4n) is 7.92. The number of amides is 1. The van der Waals surface area contributed by atoms with Crippen molar-refractivity contribution in [2.45, 2.75) is 289 Å². The molecule has 59 heavy (non-hydrogen) atoms. The molecule has 0 rings (SSSR count). The number of unbranched alkanes of at least 4 members (excludes halogenated alkanes) is 35. The highest BCUT2D eigenvalue weighted by Crippen LogP contribution is 2.16. The molecule has 6 heteroatoms. The molecule has 0 aliphatic rings. The zero-order chi connectivity index (χ0) is 43.0. The number of ether oxygens (including phenoxy) is 1. The van der Waals surface area contributed by atoms with Gasteiger partial charge >= 0.3 is 5.97 Å². The number of carbonyl (C=O) groups excluding carboxylic acids is 2. The smallest absolute Gasteiger partial charge is 0.305 e. The molecular weight excluding hydrogens is 731 g/mol. The summed E-state index contributed by atoms with van der Waals surface area (Å²) in [7, 11) is 0. The summed E-state index contributed by atoms with van der Waals surface area (Å²) in [5.41, 5.74) is 0. The Labute approximate surface area is 367 Å². The van der Waals surface area contributed by atoms with Gasteiger partial charge in [0.1, 0.15) is 0 Å². The number of esters is 1. The predicted molar refractivity (Wildman–Crippen MR) is 255 cm³/mol. The zero-order valence-corrected chi connectivity index (χ0v) is 39.5. The van der Waals surface area contributed by atoms with E-state index in [1.54, 1.807) is 6.08 Å². The summed E-state index contributed by atoms with van der Waals surface area (Å²) in [6, 6.07) is -0.645. The highest BCUT2D eigenvalue weighted by Gasteiger charge is 2.18. The fraction of sp³-hybridized carbons (Fsp3) is 0.887. The van der Waals surface area contributed by atoms with E-state index in [1.165, 1.54) is 173 Å². The Kier molecular flexibility index (Phi) is 47.6. The summed E-state index contributed by atoms with van der Waals surface area (Å²) in [5.74, 6) is -0.115. The Bertz CT molecular complexity index is 920. The molecule has 0 saturated heterocycles. The van der Waals surface area contributed by atoms with Crippen molar-refractivity contribution in [2.24, 2.45) is 0 Å². The summed E-state index contributed by atoms with van der Waals surface area (Å²) in [4.78, 5) is 24.5. The molecule has 0 aromatic rings. The number of nitrogens with one attached hydrogen (secondary N) is 1. The molecule has 0 aromatic heterocycles. The van der Waals surface area contributed by atoms with Crippen molar-refractivity contribution < 1.29 is 24.5 Å². The second-order valence-electron chi connectivity index (χ2n) is 17.9. The van der Waals surface area contributed by atoms with Crippen molar-refractivity contribution in [2.75, 3.05) is 13.2 Å². The summed E-state index contributed by atoms with van der Waals surface area (Å²) in [6.45, 7) is 4.84. The highest BCUT2D eigenvalue weighted by molar-refractivity contribution is 5.76. The Morgan fingerprint density at radius 3 is 1.20 bits per heavy atom. The van der Waals surface area contributed by atoms with E-state index in [-0.39, 0.29) is 18.5 Å². The monoisotopic (exact) mass is 832 g/mol. The molecule has 0 radical (unpaired) electrons. The molecule has 0 saturated carbocycles. The largest absolute Gasteiger partial charge is 0.466 e. The SMILES string of the molecule is CCCCCCCCCCCCC/C=C/C(O)C(CO)NC(=O)CCCCCCC/C=C\CCCCCOC(=O)CCCCCCCCCCCCCCCCCCC. The third-order valence-corrected chi connectivity index (χ3v) is 12.0. The summed E-state index contributed by atoms with van der Waals surface area (Å²) >= 11 is 0. The van der Waals surface area contributed by atoms with Crippen LogP contribution < -0.4 is 5.32 Å². The zero-order valence-electron chi connectivity index (χ0n) is 39.5. The van der Waals surface area contributed by atoms with Crippen molar-refractivity contribution in [3.8, 4) is 0 Å². The van der Waals surface area contributed by atoms with E-state index >= 15 is 0 Å². The van der Waals surface area contributed by atoms with Gasteiger partial charge in [0.2, 0.25) is 5.91 Å². The molecule has 0 aliphatic carbocycles. The van der Waals surface area contributed by atoms with Gasteiger partial charge in [0, 0.05) is 12.8 Å². The van der Waals surface area contributed by atoms with Crippen molar-refractivity contribution in [1.82, 2.24) is 5.32 Å². The Hall–Kier alpha value is -1.66. The van der Waals surface area contributed by atoms with Crippen LogP contribution in [0.5, 0.6) is 0 Å². The first-order chi connectivity index (χ1) is 29.0. The number of rotatable bonds is 48. The minimum absolute atomic E-state index is 0.0208. The van der Waals surface area contributed by atoms with Gasteiger partial charge in [-0.25, -0.2) is 0 Å². The van der Waals surface area contributed by atoms with E-state index in [2.05, 4.69) is 31.3 Å². The topological polar surface area (TPSA) is 95.9 Å². The first-order valence-corrected chi connectivity index (χ1v) is 26.1. The summed E-state index contributed by atoms with van der Waals surface area (Å²) in [5, 5.41) is 23.0. The predicted octanol–water partition coefficient (Wildman–Crippen LogP) is 15.5. The molecule has 0 spiro atoms. The summed E-state index contributed by atoms with van der Waals surface area (Å²) in [6.07, 6.45) is 57.5. The fourth-order valence-corrected chi connectivity index (χ4v) is 7.92. The third kappa shape index (κ3) is 45.7. The van der Waals surface area contributed by atoms with E-state index in [4.69, 9.17) is 4.74 Å². The molecule has 0 aliphatic heterocycles. The molecular formula is C53H101NO5. The Morgan fingerprint density at radius 1 is 0.458 bits per heavy atom.